The maximum atomic E-state index is 10.6. The van der Waals surface area contributed by atoms with E-state index in [2.05, 4.69) is 0 Å². The zero-order valence-electron chi connectivity index (χ0n) is 11.0. The topological polar surface area (TPSA) is 59.7 Å². The van der Waals surface area contributed by atoms with Crippen LogP contribution in [0.1, 0.15) is 12.7 Å². The monoisotopic (exact) mass is 292 g/mol. The lowest BCUT2D eigenvalue weighted by Gasteiger charge is -2.06. The molecule has 1 N–H and O–H groups in total. The van der Waals surface area contributed by atoms with Crippen LogP contribution in [0.25, 0.3) is 16.9 Å². The molecule has 104 valence electrons. The van der Waals surface area contributed by atoms with Gasteiger partial charge in [0, 0.05) is 11.1 Å². The Kier molecular flexibility index (Phi) is 4.15. The first kappa shape index (κ1) is 14.2. The first-order valence-corrected chi connectivity index (χ1v) is 6.24. The third-order valence-electron chi connectivity index (χ3n) is 2.76. The van der Waals surface area contributed by atoms with E-state index in [4.69, 9.17) is 25.9 Å². The van der Waals surface area contributed by atoms with Crippen LogP contribution in [0.3, 0.4) is 0 Å². The first-order chi connectivity index (χ1) is 9.51. The molecule has 0 fully saturated rings. The normalized spacial score (nSPS) is 11.4. The van der Waals surface area contributed by atoms with Crippen LogP contribution < -0.4 is 4.74 Å². The minimum absolute atomic E-state index is 0.490. The molecule has 0 atom stereocenters. The third kappa shape index (κ3) is 3.03. The summed E-state index contributed by atoms with van der Waals surface area (Å²) in [5.74, 6) is 0.679. The van der Waals surface area contributed by atoms with Gasteiger partial charge < -0.3 is 14.3 Å². The average molecular weight is 293 g/mol. The number of hydrogen-bond acceptors (Lipinski definition) is 3. The highest BCUT2D eigenvalue weighted by molar-refractivity contribution is 6.30. The summed E-state index contributed by atoms with van der Waals surface area (Å²) < 4.78 is 10.9. The van der Waals surface area contributed by atoms with Crippen molar-refractivity contribution >= 4 is 23.1 Å². The number of carboxylic acid groups (broad SMARTS) is 1. The van der Waals surface area contributed by atoms with Gasteiger partial charge in [0.1, 0.15) is 17.3 Å². The van der Waals surface area contributed by atoms with Crippen molar-refractivity contribution in [3.8, 4) is 17.1 Å². The van der Waals surface area contributed by atoms with Crippen LogP contribution in [0.15, 0.2) is 40.8 Å². The number of methoxy groups -OCH3 is 1. The average Bonchev–Trinajstić information content (AvgIpc) is 2.87. The van der Waals surface area contributed by atoms with Crippen LogP contribution in [0.5, 0.6) is 5.75 Å². The fraction of sp³-hybridized carbons (Fsp3) is 0.133. The molecule has 0 spiro atoms. The Morgan fingerprint density at radius 1 is 1.35 bits per heavy atom. The SMILES string of the molecule is COc1ccc(Cl)cc1-c1ccc(/C(C)=C/C(=O)O)o1. The standard InChI is InChI=1S/C15H13ClO4/c1-9(7-15(17)18)12-5-6-14(20-12)11-8-10(16)3-4-13(11)19-2/h3-8H,1-2H3,(H,17,18)/b9-7+. The summed E-state index contributed by atoms with van der Waals surface area (Å²) in [6, 6.07) is 8.68. The smallest absolute Gasteiger partial charge is 0.328 e. The van der Waals surface area contributed by atoms with Gasteiger partial charge in [0.15, 0.2) is 0 Å². The zero-order chi connectivity index (χ0) is 14.7. The summed E-state index contributed by atoms with van der Waals surface area (Å²) in [5, 5.41) is 9.30. The Labute approximate surface area is 121 Å². The number of hydrogen-bond donors (Lipinski definition) is 1. The number of carboxylic acids is 1. The Morgan fingerprint density at radius 2 is 2.10 bits per heavy atom. The van der Waals surface area contributed by atoms with Gasteiger partial charge in [-0.2, -0.15) is 0 Å². The molecule has 0 aliphatic carbocycles. The Bertz CT molecular complexity index is 670. The van der Waals surface area contributed by atoms with Crippen LogP contribution in [0.4, 0.5) is 0 Å². The summed E-state index contributed by atoms with van der Waals surface area (Å²) >= 11 is 5.98. The van der Waals surface area contributed by atoms with Gasteiger partial charge in [0.2, 0.25) is 0 Å². The number of benzene rings is 1. The second-order valence-corrected chi connectivity index (χ2v) is 4.61. The van der Waals surface area contributed by atoms with Crippen molar-refractivity contribution in [1.29, 1.82) is 0 Å². The molecule has 20 heavy (non-hydrogen) atoms. The highest BCUT2D eigenvalue weighted by atomic mass is 35.5. The van der Waals surface area contributed by atoms with E-state index in [0.29, 0.717) is 27.9 Å². The van der Waals surface area contributed by atoms with E-state index in [1.807, 2.05) is 0 Å². The Morgan fingerprint density at radius 3 is 2.75 bits per heavy atom. The van der Waals surface area contributed by atoms with E-state index < -0.39 is 5.97 Å². The number of rotatable bonds is 4. The van der Waals surface area contributed by atoms with Gasteiger partial charge in [-0.15, -0.1) is 0 Å². The minimum atomic E-state index is -1.01. The van der Waals surface area contributed by atoms with Crippen LogP contribution in [-0.4, -0.2) is 18.2 Å². The largest absolute Gasteiger partial charge is 0.496 e. The van der Waals surface area contributed by atoms with Gasteiger partial charge in [-0.1, -0.05) is 11.6 Å². The molecule has 0 amide bonds. The summed E-state index contributed by atoms with van der Waals surface area (Å²) in [4.78, 5) is 10.6. The lowest BCUT2D eigenvalue weighted by atomic mass is 10.1. The predicted molar refractivity (Wildman–Crippen MR) is 77.0 cm³/mol. The van der Waals surface area contributed by atoms with Gasteiger partial charge in [0.25, 0.3) is 0 Å². The fourth-order valence-corrected chi connectivity index (χ4v) is 2.00. The van der Waals surface area contributed by atoms with Gasteiger partial charge in [-0.3, -0.25) is 0 Å². The molecule has 0 saturated heterocycles. The van der Waals surface area contributed by atoms with E-state index in [0.717, 1.165) is 11.6 Å². The molecule has 0 aliphatic rings. The van der Waals surface area contributed by atoms with Crippen molar-refractivity contribution in [2.24, 2.45) is 0 Å². The molecular weight excluding hydrogens is 280 g/mol. The van der Waals surface area contributed by atoms with Gasteiger partial charge in [-0.05, 0) is 42.8 Å². The highest BCUT2D eigenvalue weighted by Gasteiger charge is 2.12. The van der Waals surface area contributed by atoms with E-state index >= 15 is 0 Å². The molecule has 4 nitrogen and oxygen atoms in total. The maximum absolute atomic E-state index is 10.6. The van der Waals surface area contributed by atoms with Crippen LogP contribution in [-0.2, 0) is 4.79 Å². The molecule has 0 aliphatic heterocycles. The zero-order valence-corrected chi connectivity index (χ0v) is 11.8. The molecule has 1 aromatic heterocycles. The Balaban J connectivity index is 2.43. The second kappa shape index (κ2) is 5.84. The number of ether oxygens (including phenoxy) is 1. The molecule has 2 aromatic rings. The van der Waals surface area contributed by atoms with E-state index in [-0.39, 0.29) is 0 Å². The van der Waals surface area contributed by atoms with Gasteiger partial charge >= 0.3 is 5.97 Å². The maximum Gasteiger partial charge on any atom is 0.328 e. The van der Waals surface area contributed by atoms with Crippen molar-refractivity contribution in [3.63, 3.8) is 0 Å². The first-order valence-electron chi connectivity index (χ1n) is 5.86. The second-order valence-electron chi connectivity index (χ2n) is 4.17. The van der Waals surface area contributed by atoms with Crippen molar-refractivity contribution in [1.82, 2.24) is 0 Å². The lowest BCUT2D eigenvalue weighted by Crippen LogP contribution is -1.89. The minimum Gasteiger partial charge on any atom is -0.496 e. The lowest BCUT2D eigenvalue weighted by molar-refractivity contribution is -0.131. The summed E-state index contributed by atoms with van der Waals surface area (Å²) in [6.07, 6.45) is 1.10. The van der Waals surface area contributed by atoms with E-state index in [9.17, 15) is 4.79 Å². The predicted octanol–water partition coefficient (Wildman–Crippen LogP) is 4.10. The fourth-order valence-electron chi connectivity index (χ4n) is 1.82. The molecule has 0 unspecified atom stereocenters. The quantitative estimate of drug-likeness (QED) is 0.862. The van der Waals surface area contributed by atoms with E-state index in [1.165, 1.54) is 0 Å². The number of carbonyl (C=O) groups is 1. The molecule has 0 saturated carbocycles. The highest BCUT2D eigenvalue weighted by Crippen LogP contribution is 2.34. The number of allylic oxidation sites excluding steroid dienone is 1. The molecule has 2 rings (SSSR count). The molecule has 1 aromatic carbocycles. The summed E-state index contributed by atoms with van der Waals surface area (Å²) in [6.45, 7) is 1.67. The molecular formula is C15H13ClO4. The molecule has 1 heterocycles. The number of aliphatic carboxylic acids is 1. The van der Waals surface area contributed by atoms with Crippen molar-refractivity contribution in [3.05, 3.63) is 47.2 Å². The van der Waals surface area contributed by atoms with Crippen LogP contribution in [0, 0.1) is 0 Å². The van der Waals surface area contributed by atoms with Crippen LogP contribution in [0.2, 0.25) is 5.02 Å². The number of halogens is 1. The molecule has 0 radical (unpaired) electrons. The summed E-state index contributed by atoms with van der Waals surface area (Å²) in [7, 11) is 1.56. The van der Waals surface area contributed by atoms with E-state index in [1.54, 1.807) is 44.4 Å². The van der Waals surface area contributed by atoms with Crippen molar-refractivity contribution in [2.45, 2.75) is 6.92 Å². The van der Waals surface area contributed by atoms with Gasteiger partial charge in [-0.25, -0.2) is 4.79 Å². The van der Waals surface area contributed by atoms with Gasteiger partial charge in [0.05, 0.1) is 12.7 Å². The van der Waals surface area contributed by atoms with Crippen LogP contribution >= 0.6 is 11.6 Å². The number of furan rings is 1. The van der Waals surface area contributed by atoms with Crippen molar-refractivity contribution < 1.29 is 19.1 Å². The Hall–Kier alpha value is -2.20. The molecule has 5 heteroatoms. The molecule has 0 bridgehead atoms. The third-order valence-corrected chi connectivity index (χ3v) is 3.00. The van der Waals surface area contributed by atoms with Crippen molar-refractivity contribution in [2.75, 3.05) is 7.11 Å². The summed E-state index contributed by atoms with van der Waals surface area (Å²) in [5.41, 5.74) is 1.25.